The minimum atomic E-state index is -0.945. The first-order valence-corrected chi connectivity index (χ1v) is 6.11. The normalized spacial score (nSPS) is 25.7. The monoisotopic (exact) mass is 276 g/mol. The van der Waals surface area contributed by atoms with Gasteiger partial charge in [0.2, 0.25) is 11.8 Å². The molecule has 1 aromatic rings. The lowest BCUT2D eigenvalue weighted by Gasteiger charge is -2.11. The summed E-state index contributed by atoms with van der Waals surface area (Å²) in [5, 5.41) is 2.73. The Morgan fingerprint density at radius 1 is 1.53 bits per heavy atom. The van der Waals surface area contributed by atoms with E-state index in [1.54, 1.807) is 6.92 Å². The molecule has 1 unspecified atom stereocenters. The summed E-state index contributed by atoms with van der Waals surface area (Å²) in [6, 6.07) is 0. The van der Waals surface area contributed by atoms with Gasteiger partial charge >= 0.3 is 0 Å². The van der Waals surface area contributed by atoms with Gasteiger partial charge in [-0.05, 0) is 27.2 Å². The Morgan fingerprint density at radius 2 is 2.12 bits per heavy atom. The Kier molecular flexibility index (Phi) is 2.91. The standard InChI is InChI=1S/C11H14Cl2N2O2/c1-6-7(2)17-8(15-6)4-14-9(16)10(3)5-11(10,12)13/h4-5H2,1-3H3,(H,14,16). The van der Waals surface area contributed by atoms with Crippen LogP contribution < -0.4 is 5.32 Å². The number of carbonyl (C=O) groups is 1. The lowest BCUT2D eigenvalue weighted by atomic mass is 10.1. The van der Waals surface area contributed by atoms with Gasteiger partial charge in [-0.25, -0.2) is 4.98 Å². The fourth-order valence-corrected chi connectivity index (χ4v) is 2.32. The van der Waals surface area contributed by atoms with Gasteiger partial charge in [-0.3, -0.25) is 4.79 Å². The molecule has 1 aromatic heterocycles. The van der Waals surface area contributed by atoms with E-state index in [9.17, 15) is 4.79 Å². The second-order valence-corrected chi connectivity index (χ2v) is 6.13. The van der Waals surface area contributed by atoms with E-state index in [-0.39, 0.29) is 12.5 Å². The predicted octanol–water partition coefficient (Wildman–Crippen LogP) is 2.49. The van der Waals surface area contributed by atoms with Crippen LogP contribution in [0, 0.1) is 19.3 Å². The van der Waals surface area contributed by atoms with Crippen LogP contribution in [-0.2, 0) is 11.3 Å². The van der Waals surface area contributed by atoms with Crippen molar-refractivity contribution >= 4 is 29.1 Å². The van der Waals surface area contributed by atoms with Gasteiger partial charge in [0.05, 0.1) is 17.7 Å². The van der Waals surface area contributed by atoms with Gasteiger partial charge in [0.1, 0.15) is 10.1 Å². The third kappa shape index (κ3) is 2.16. The minimum Gasteiger partial charge on any atom is -0.444 e. The van der Waals surface area contributed by atoms with Crippen molar-refractivity contribution in [3.8, 4) is 0 Å². The van der Waals surface area contributed by atoms with Gasteiger partial charge in [-0.2, -0.15) is 0 Å². The third-order valence-corrected chi connectivity index (χ3v) is 4.33. The van der Waals surface area contributed by atoms with Gasteiger partial charge in [-0.15, -0.1) is 23.2 Å². The summed E-state index contributed by atoms with van der Waals surface area (Å²) in [4.78, 5) is 16.0. The number of amides is 1. The Balaban J connectivity index is 1.94. The van der Waals surface area contributed by atoms with Crippen LogP contribution in [0.4, 0.5) is 0 Å². The highest BCUT2D eigenvalue weighted by Gasteiger charge is 2.67. The molecule has 1 amide bonds. The molecule has 17 heavy (non-hydrogen) atoms. The highest BCUT2D eigenvalue weighted by molar-refractivity contribution is 6.53. The van der Waals surface area contributed by atoms with Crippen LogP contribution in [0.5, 0.6) is 0 Å². The maximum atomic E-state index is 11.9. The van der Waals surface area contributed by atoms with E-state index in [4.69, 9.17) is 27.6 Å². The number of hydrogen-bond donors (Lipinski definition) is 1. The summed E-state index contributed by atoms with van der Waals surface area (Å²) in [7, 11) is 0. The smallest absolute Gasteiger partial charge is 0.229 e. The lowest BCUT2D eigenvalue weighted by Crippen LogP contribution is -2.32. The molecule has 0 aliphatic heterocycles. The van der Waals surface area contributed by atoms with Gasteiger partial charge in [0, 0.05) is 0 Å². The molecular weight excluding hydrogens is 263 g/mol. The molecule has 1 aliphatic rings. The molecule has 1 N–H and O–H groups in total. The fraction of sp³-hybridized carbons (Fsp3) is 0.636. The molecular formula is C11H14Cl2N2O2. The highest BCUT2D eigenvalue weighted by atomic mass is 35.5. The molecule has 0 bridgehead atoms. The molecule has 2 rings (SSSR count). The molecule has 4 nitrogen and oxygen atoms in total. The second kappa shape index (κ2) is 3.89. The number of carbonyl (C=O) groups excluding carboxylic acids is 1. The van der Waals surface area contributed by atoms with E-state index in [1.807, 2.05) is 13.8 Å². The molecule has 0 radical (unpaired) electrons. The topological polar surface area (TPSA) is 55.1 Å². The molecule has 0 spiro atoms. The number of hydrogen-bond acceptors (Lipinski definition) is 3. The van der Waals surface area contributed by atoms with Crippen molar-refractivity contribution in [3.63, 3.8) is 0 Å². The van der Waals surface area contributed by atoms with E-state index in [0.29, 0.717) is 12.3 Å². The molecule has 6 heteroatoms. The van der Waals surface area contributed by atoms with Crippen molar-refractivity contribution in [3.05, 3.63) is 17.3 Å². The van der Waals surface area contributed by atoms with Crippen LogP contribution in [0.25, 0.3) is 0 Å². The zero-order valence-electron chi connectivity index (χ0n) is 9.93. The van der Waals surface area contributed by atoms with Crippen molar-refractivity contribution in [2.45, 2.75) is 38.1 Å². The van der Waals surface area contributed by atoms with Crippen LogP contribution >= 0.6 is 23.2 Å². The van der Waals surface area contributed by atoms with Crippen LogP contribution in [0.2, 0.25) is 0 Å². The summed E-state index contributed by atoms with van der Waals surface area (Å²) in [6.45, 7) is 5.69. The number of rotatable bonds is 3. The second-order valence-electron chi connectivity index (χ2n) is 4.65. The zero-order chi connectivity index (χ0) is 12.8. The molecule has 1 atom stereocenters. The first kappa shape index (κ1) is 12.7. The average molecular weight is 277 g/mol. The summed E-state index contributed by atoms with van der Waals surface area (Å²) in [6.07, 6.45) is 0.471. The summed E-state index contributed by atoms with van der Waals surface area (Å²) in [5.41, 5.74) is 0.128. The molecule has 1 fully saturated rings. The number of aryl methyl sites for hydroxylation is 2. The maximum Gasteiger partial charge on any atom is 0.229 e. The zero-order valence-corrected chi connectivity index (χ0v) is 11.4. The van der Waals surface area contributed by atoms with Gasteiger partial charge in [-0.1, -0.05) is 0 Å². The fourth-order valence-electron chi connectivity index (χ4n) is 1.61. The van der Waals surface area contributed by atoms with Crippen molar-refractivity contribution in [1.29, 1.82) is 0 Å². The molecule has 0 saturated heterocycles. The van der Waals surface area contributed by atoms with E-state index in [1.165, 1.54) is 0 Å². The van der Waals surface area contributed by atoms with Crippen molar-refractivity contribution in [2.75, 3.05) is 0 Å². The molecule has 0 aromatic carbocycles. The Hall–Kier alpha value is -0.740. The largest absolute Gasteiger partial charge is 0.444 e. The predicted molar refractivity (Wildman–Crippen MR) is 65.0 cm³/mol. The maximum absolute atomic E-state index is 11.9. The van der Waals surface area contributed by atoms with Crippen molar-refractivity contribution < 1.29 is 9.21 Å². The van der Waals surface area contributed by atoms with Gasteiger partial charge in [0.25, 0.3) is 0 Å². The number of nitrogens with one attached hydrogen (secondary N) is 1. The third-order valence-electron chi connectivity index (χ3n) is 3.23. The van der Waals surface area contributed by atoms with E-state index in [0.717, 1.165) is 11.5 Å². The molecule has 94 valence electrons. The quantitative estimate of drug-likeness (QED) is 0.863. The number of aromatic nitrogens is 1. The van der Waals surface area contributed by atoms with E-state index < -0.39 is 9.75 Å². The molecule has 1 saturated carbocycles. The van der Waals surface area contributed by atoms with Crippen molar-refractivity contribution in [1.82, 2.24) is 10.3 Å². The lowest BCUT2D eigenvalue weighted by molar-refractivity contribution is -0.126. The van der Waals surface area contributed by atoms with Crippen molar-refractivity contribution in [2.24, 2.45) is 5.41 Å². The SMILES string of the molecule is Cc1nc(CNC(=O)C2(C)CC2(Cl)Cl)oc1C. The Bertz CT molecular complexity index is 451. The average Bonchev–Trinajstić information content (AvgIpc) is 2.58. The summed E-state index contributed by atoms with van der Waals surface area (Å²) < 4.78 is 4.41. The summed E-state index contributed by atoms with van der Waals surface area (Å²) >= 11 is 11.8. The Labute approximate surface area is 110 Å². The first-order chi connectivity index (χ1) is 7.76. The number of alkyl halides is 2. The Morgan fingerprint density at radius 3 is 2.53 bits per heavy atom. The highest BCUT2D eigenvalue weighted by Crippen LogP contribution is 2.63. The van der Waals surface area contributed by atoms with Crippen LogP contribution in [-0.4, -0.2) is 15.2 Å². The molecule has 1 heterocycles. The van der Waals surface area contributed by atoms with E-state index in [2.05, 4.69) is 10.3 Å². The first-order valence-electron chi connectivity index (χ1n) is 5.35. The van der Waals surface area contributed by atoms with Gasteiger partial charge in [0.15, 0.2) is 0 Å². The van der Waals surface area contributed by atoms with Crippen LogP contribution in [0.3, 0.4) is 0 Å². The minimum absolute atomic E-state index is 0.170. The van der Waals surface area contributed by atoms with Crippen LogP contribution in [0.1, 0.15) is 30.7 Å². The van der Waals surface area contributed by atoms with Gasteiger partial charge < -0.3 is 9.73 Å². The molecule has 1 aliphatic carbocycles. The number of nitrogens with zero attached hydrogens (tertiary/aromatic N) is 1. The van der Waals surface area contributed by atoms with Crippen LogP contribution in [0.15, 0.2) is 4.42 Å². The van der Waals surface area contributed by atoms with E-state index >= 15 is 0 Å². The number of halogens is 2. The summed E-state index contributed by atoms with van der Waals surface area (Å²) in [5.74, 6) is 1.08. The number of oxazole rings is 1.